The Morgan fingerprint density at radius 1 is 1.35 bits per heavy atom. The predicted octanol–water partition coefficient (Wildman–Crippen LogP) is 4.07. The van der Waals surface area contributed by atoms with E-state index in [2.05, 4.69) is 27.8 Å². The number of benzene rings is 1. The molecule has 180 valence electrons. The zero-order valence-electron chi connectivity index (χ0n) is 19.6. The second kappa shape index (κ2) is 10.6. The first kappa shape index (κ1) is 24.2. The lowest BCUT2D eigenvalue weighted by Gasteiger charge is -2.18. The summed E-state index contributed by atoms with van der Waals surface area (Å²) in [6.07, 6.45) is 2.74. The molecule has 4 rings (SSSR count). The number of carbonyl (C=O) groups is 2. The third-order valence-corrected chi connectivity index (χ3v) is 7.67. The molecule has 0 spiro atoms. The van der Waals surface area contributed by atoms with Gasteiger partial charge in [-0.25, -0.2) is 4.79 Å². The molecule has 3 aromatic rings. The molecular weight excluding hydrogens is 474 g/mol. The Morgan fingerprint density at radius 3 is 2.94 bits per heavy atom. The van der Waals surface area contributed by atoms with Crippen molar-refractivity contribution in [2.45, 2.75) is 45.2 Å². The number of methoxy groups -OCH3 is 1. The monoisotopic (exact) mass is 501 g/mol. The third kappa shape index (κ3) is 5.10. The number of carbonyl (C=O) groups excluding carboxylic acids is 2. The second-order valence-electron chi connectivity index (χ2n) is 8.16. The fraction of sp³-hybridized carbons (Fsp3) is 0.435. The average Bonchev–Trinajstić information content (AvgIpc) is 3.41. The van der Waals surface area contributed by atoms with Crippen molar-refractivity contribution >= 4 is 40.0 Å². The number of hydrogen-bond donors (Lipinski definition) is 1. The molecule has 1 amide bonds. The number of amides is 1. The van der Waals surface area contributed by atoms with Crippen LogP contribution in [0.2, 0.25) is 0 Å². The van der Waals surface area contributed by atoms with E-state index in [4.69, 9.17) is 9.47 Å². The van der Waals surface area contributed by atoms with Gasteiger partial charge < -0.3 is 14.8 Å². The van der Waals surface area contributed by atoms with Crippen molar-refractivity contribution in [1.82, 2.24) is 20.2 Å². The summed E-state index contributed by atoms with van der Waals surface area (Å²) < 4.78 is 12.3. The van der Waals surface area contributed by atoms with E-state index >= 15 is 0 Å². The van der Waals surface area contributed by atoms with Gasteiger partial charge in [0.2, 0.25) is 11.1 Å². The molecule has 0 radical (unpaired) electrons. The van der Waals surface area contributed by atoms with Gasteiger partial charge in [-0.1, -0.05) is 24.8 Å². The normalized spacial score (nSPS) is 15.0. The maximum absolute atomic E-state index is 12.9. The van der Waals surface area contributed by atoms with E-state index in [0.717, 1.165) is 35.3 Å². The lowest BCUT2D eigenvalue weighted by Crippen LogP contribution is -2.18. The number of nitrogens with one attached hydrogen (secondary N) is 1. The molecule has 1 aliphatic carbocycles. The van der Waals surface area contributed by atoms with E-state index in [0.29, 0.717) is 33.1 Å². The standard InChI is InChI=1S/C23H27N5O4S2/c1-5-32-22(30)20-15-8-6-14(3)11-18(15)34-21(20)24-19(29)12-33-23-25-26-27-28(23)16-10-13(2)7-9-17(16)31-4/h7,9-10,14H,5-6,8,11-12H2,1-4H3,(H,24,29)/t14-/m0/s1. The quantitative estimate of drug-likeness (QED) is 0.363. The lowest BCUT2D eigenvalue weighted by atomic mass is 9.88. The lowest BCUT2D eigenvalue weighted by molar-refractivity contribution is -0.113. The Morgan fingerprint density at radius 2 is 2.18 bits per heavy atom. The van der Waals surface area contributed by atoms with Gasteiger partial charge in [0.25, 0.3) is 0 Å². The molecule has 0 saturated heterocycles. The van der Waals surface area contributed by atoms with Crippen LogP contribution in [0, 0.1) is 12.8 Å². The molecule has 2 aromatic heterocycles. The molecular formula is C23H27N5O4S2. The Balaban J connectivity index is 1.51. The highest BCUT2D eigenvalue weighted by Crippen LogP contribution is 2.40. The molecule has 11 heteroatoms. The highest BCUT2D eigenvalue weighted by Gasteiger charge is 2.29. The molecule has 0 unspecified atom stereocenters. The number of thiophene rings is 1. The minimum absolute atomic E-state index is 0.0791. The van der Waals surface area contributed by atoms with Crippen LogP contribution >= 0.6 is 23.1 Å². The van der Waals surface area contributed by atoms with Gasteiger partial charge in [0.15, 0.2) is 0 Å². The zero-order valence-corrected chi connectivity index (χ0v) is 21.2. The summed E-state index contributed by atoms with van der Waals surface area (Å²) in [4.78, 5) is 26.7. The van der Waals surface area contributed by atoms with Crippen LogP contribution in [0.1, 0.15) is 46.6 Å². The molecule has 34 heavy (non-hydrogen) atoms. The average molecular weight is 502 g/mol. The number of thioether (sulfide) groups is 1. The first-order valence-electron chi connectivity index (χ1n) is 11.1. The Bertz CT molecular complexity index is 1210. The van der Waals surface area contributed by atoms with Gasteiger partial charge in [-0.3, -0.25) is 4.79 Å². The number of esters is 1. The Kier molecular flexibility index (Phi) is 7.52. The van der Waals surface area contributed by atoms with Gasteiger partial charge in [0.05, 0.1) is 25.0 Å². The number of nitrogens with zero attached hydrogens (tertiary/aromatic N) is 4. The van der Waals surface area contributed by atoms with Crippen LogP contribution in [0.4, 0.5) is 5.00 Å². The number of aryl methyl sites for hydroxylation is 1. The summed E-state index contributed by atoms with van der Waals surface area (Å²) >= 11 is 2.68. The van der Waals surface area contributed by atoms with Gasteiger partial charge in [0.1, 0.15) is 16.4 Å². The summed E-state index contributed by atoms with van der Waals surface area (Å²) in [6.45, 7) is 6.24. The first-order chi connectivity index (χ1) is 16.4. The van der Waals surface area contributed by atoms with Gasteiger partial charge >= 0.3 is 5.97 Å². The maximum Gasteiger partial charge on any atom is 0.341 e. The first-order valence-corrected chi connectivity index (χ1v) is 12.9. The van der Waals surface area contributed by atoms with E-state index in [1.165, 1.54) is 23.1 Å². The number of anilines is 1. The van der Waals surface area contributed by atoms with Crippen molar-refractivity contribution < 1.29 is 19.1 Å². The molecule has 1 atom stereocenters. The Labute approximate surface area is 206 Å². The highest BCUT2D eigenvalue weighted by atomic mass is 32.2. The summed E-state index contributed by atoms with van der Waals surface area (Å²) in [7, 11) is 1.58. The van der Waals surface area contributed by atoms with Crippen molar-refractivity contribution in [3.05, 3.63) is 39.8 Å². The molecule has 1 aliphatic rings. The molecule has 0 bridgehead atoms. The van der Waals surface area contributed by atoms with Crippen LogP contribution in [0.5, 0.6) is 5.75 Å². The van der Waals surface area contributed by atoms with E-state index in [1.807, 2.05) is 25.1 Å². The van der Waals surface area contributed by atoms with Crippen molar-refractivity contribution in [3.63, 3.8) is 0 Å². The van der Waals surface area contributed by atoms with E-state index in [1.54, 1.807) is 18.7 Å². The van der Waals surface area contributed by atoms with Crippen LogP contribution in [-0.2, 0) is 22.4 Å². The molecule has 0 saturated carbocycles. The number of aromatic nitrogens is 4. The van der Waals surface area contributed by atoms with Gasteiger partial charge in [-0.15, -0.1) is 16.4 Å². The zero-order chi connectivity index (χ0) is 24.2. The number of rotatable bonds is 8. The Hall–Kier alpha value is -2.92. The second-order valence-corrected chi connectivity index (χ2v) is 10.2. The molecule has 1 aromatic carbocycles. The number of hydrogen-bond acceptors (Lipinski definition) is 9. The van der Waals surface area contributed by atoms with Crippen molar-refractivity contribution in [2.24, 2.45) is 5.92 Å². The number of fused-ring (bicyclic) bond motifs is 1. The van der Waals surface area contributed by atoms with E-state index < -0.39 is 0 Å². The SMILES string of the molecule is CCOC(=O)c1c(NC(=O)CSc2nnnn2-c2cc(C)ccc2OC)sc2c1CC[C@H](C)C2. The van der Waals surface area contributed by atoms with Gasteiger partial charge in [0, 0.05) is 4.88 Å². The third-order valence-electron chi connectivity index (χ3n) is 5.58. The highest BCUT2D eigenvalue weighted by molar-refractivity contribution is 7.99. The summed E-state index contributed by atoms with van der Waals surface area (Å²) in [6, 6.07) is 5.71. The summed E-state index contributed by atoms with van der Waals surface area (Å²) in [5.41, 5.74) is 3.24. The van der Waals surface area contributed by atoms with Crippen LogP contribution in [0.25, 0.3) is 5.69 Å². The van der Waals surface area contributed by atoms with Crippen molar-refractivity contribution in [3.8, 4) is 11.4 Å². The molecule has 0 fully saturated rings. The largest absolute Gasteiger partial charge is 0.494 e. The van der Waals surface area contributed by atoms with Crippen LogP contribution in [0.15, 0.2) is 23.4 Å². The van der Waals surface area contributed by atoms with Crippen LogP contribution < -0.4 is 10.1 Å². The molecule has 0 aliphatic heterocycles. The molecule has 9 nitrogen and oxygen atoms in total. The van der Waals surface area contributed by atoms with Crippen molar-refractivity contribution in [1.29, 1.82) is 0 Å². The fourth-order valence-corrected chi connectivity index (χ4v) is 6.04. The molecule has 2 heterocycles. The van der Waals surface area contributed by atoms with Gasteiger partial charge in [-0.2, -0.15) is 4.68 Å². The van der Waals surface area contributed by atoms with E-state index in [9.17, 15) is 9.59 Å². The topological polar surface area (TPSA) is 108 Å². The van der Waals surface area contributed by atoms with Crippen molar-refractivity contribution in [2.75, 3.05) is 24.8 Å². The van der Waals surface area contributed by atoms with Crippen LogP contribution in [0.3, 0.4) is 0 Å². The maximum atomic E-state index is 12.9. The van der Waals surface area contributed by atoms with Crippen LogP contribution in [-0.4, -0.2) is 51.6 Å². The van der Waals surface area contributed by atoms with E-state index in [-0.39, 0.29) is 24.2 Å². The fourth-order valence-electron chi connectivity index (χ4n) is 3.94. The smallest absolute Gasteiger partial charge is 0.341 e. The minimum atomic E-state index is -0.381. The number of ether oxygens (including phenoxy) is 2. The minimum Gasteiger partial charge on any atom is -0.494 e. The summed E-state index contributed by atoms with van der Waals surface area (Å²) in [5, 5.41) is 15.9. The van der Waals surface area contributed by atoms with Gasteiger partial charge in [-0.05, 0) is 72.7 Å². The number of tetrazole rings is 1. The predicted molar refractivity (Wildman–Crippen MR) is 131 cm³/mol. The summed E-state index contributed by atoms with van der Waals surface area (Å²) in [5.74, 6) is 0.635. The molecule has 1 N–H and O–H groups in total.